The number of aromatic nitrogens is 1. The van der Waals surface area contributed by atoms with Gasteiger partial charge in [0.1, 0.15) is 29.5 Å². The summed E-state index contributed by atoms with van der Waals surface area (Å²) >= 11 is 0. The number of aliphatic carboxylic acids is 1. The number of carboxylic acids is 1. The molecule has 0 spiro atoms. The molecule has 2 saturated heterocycles. The molecule has 1 aromatic heterocycles. The molecule has 0 bridgehead atoms. The Morgan fingerprint density at radius 2 is 1.67 bits per heavy atom. The third-order valence-corrected chi connectivity index (χ3v) is 7.59. The number of carbonyl (C=O) groups is 4. The molecule has 2 aliphatic rings. The van der Waals surface area contributed by atoms with Gasteiger partial charge < -0.3 is 29.9 Å². The molecule has 2 atom stereocenters. The van der Waals surface area contributed by atoms with Crippen LogP contribution >= 0.6 is 0 Å². The number of piperazine rings is 1. The number of nitrogens with zero attached hydrogens (tertiary/aromatic N) is 4. The van der Waals surface area contributed by atoms with Gasteiger partial charge in [-0.2, -0.15) is 0 Å². The van der Waals surface area contributed by atoms with E-state index in [0.29, 0.717) is 43.1 Å². The highest BCUT2D eigenvalue weighted by molar-refractivity contribution is 5.93. The Balaban J connectivity index is 1.13. The number of benzene rings is 2. The first kappa shape index (κ1) is 29.5. The van der Waals surface area contributed by atoms with E-state index in [0.717, 1.165) is 5.82 Å². The molecule has 0 saturated carbocycles. The van der Waals surface area contributed by atoms with Crippen molar-refractivity contribution in [1.82, 2.24) is 20.1 Å². The Hall–Kier alpha value is -5.00. The summed E-state index contributed by atoms with van der Waals surface area (Å²) in [5.74, 6) is -1.23. The molecule has 12 heteroatoms. The average Bonchev–Trinajstić information content (AvgIpc) is 3.38. The molecule has 2 N–H and O–H groups in total. The van der Waals surface area contributed by atoms with Gasteiger partial charge in [0.15, 0.2) is 0 Å². The van der Waals surface area contributed by atoms with Gasteiger partial charge in [-0.05, 0) is 53.9 Å². The minimum Gasteiger partial charge on any atom is -0.480 e. The van der Waals surface area contributed by atoms with Gasteiger partial charge >= 0.3 is 12.1 Å². The van der Waals surface area contributed by atoms with E-state index in [1.165, 1.54) is 17.0 Å². The number of ether oxygens (including phenoxy) is 1. The zero-order valence-corrected chi connectivity index (χ0v) is 23.4. The van der Waals surface area contributed by atoms with Gasteiger partial charge in [0.25, 0.3) is 0 Å². The van der Waals surface area contributed by atoms with Crippen LogP contribution in [0.1, 0.15) is 24.0 Å². The fourth-order valence-electron chi connectivity index (χ4n) is 5.21. The molecular weight excluding hydrogens is 557 g/mol. The van der Waals surface area contributed by atoms with Crippen LogP contribution in [0.25, 0.3) is 0 Å². The van der Waals surface area contributed by atoms with Crippen LogP contribution < -0.4 is 15.0 Å². The van der Waals surface area contributed by atoms with Crippen molar-refractivity contribution < 1.29 is 33.4 Å². The zero-order chi connectivity index (χ0) is 30.3. The lowest BCUT2D eigenvalue weighted by atomic mass is 10.0. The lowest BCUT2D eigenvalue weighted by molar-refractivity contribution is -0.143. The van der Waals surface area contributed by atoms with Crippen molar-refractivity contribution in [3.63, 3.8) is 0 Å². The smallest absolute Gasteiger partial charge is 0.415 e. The summed E-state index contributed by atoms with van der Waals surface area (Å²) in [6, 6.07) is 15.7. The molecular formula is C31H32FN5O6. The van der Waals surface area contributed by atoms with E-state index in [2.05, 4.69) is 15.2 Å². The number of likely N-dealkylation sites (tertiary alicyclic amines) is 1. The number of rotatable bonds is 9. The number of hydrogen-bond donors (Lipinski definition) is 2. The Kier molecular flexibility index (Phi) is 9.14. The van der Waals surface area contributed by atoms with E-state index in [1.54, 1.807) is 47.5 Å². The van der Waals surface area contributed by atoms with Gasteiger partial charge in [-0.15, -0.1) is 0 Å². The minimum atomic E-state index is -1.24. The number of amides is 3. The highest BCUT2D eigenvalue weighted by atomic mass is 19.1. The molecule has 5 rings (SSSR count). The maximum absolute atomic E-state index is 13.3. The SMILES string of the molecule is O=C(O)[C@H](Cc1ccc(OC(=O)N2CCN(c3ccccn3)CC2)cc1)NC(=O)[C@@H]1CCC(=O)N1Cc1ccc(F)cc1. The first-order chi connectivity index (χ1) is 20.8. The van der Waals surface area contributed by atoms with Crippen molar-refractivity contribution in [1.29, 1.82) is 0 Å². The van der Waals surface area contributed by atoms with E-state index >= 15 is 0 Å². The van der Waals surface area contributed by atoms with Crippen molar-refractivity contribution >= 4 is 29.7 Å². The third kappa shape index (κ3) is 7.45. The second kappa shape index (κ2) is 13.3. The number of carboxylic acid groups (broad SMARTS) is 1. The Bertz CT molecular complexity index is 1450. The quantitative estimate of drug-likeness (QED) is 0.390. The predicted octanol–water partition coefficient (Wildman–Crippen LogP) is 2.84. The summed E-state index contributed by atoms with van der Waals surface area (Å²) in [6.45, 7) is 2.36. The van der Waals surface area contributed by atoms with Crippen LogP contribution in [0.15, 0.2) is 72.9 Å². The summed E-state index contributed by atoms with van der Waals surface area (Å²) in [5, 5.41) is 12.4. The van der Waals surface area contributed by atoms with Gasteiger partial charge in [-0.1, -0.05) is 30.3 Å². The van der Waals surface area contributed by atoms with Crippen molar-refractivity contribution in [3.05, 3.63) is 89.9 Å². The maximum Gasteiger partial charge on any atom is 0.415 e. The first-order valence-electron chi connectivity index (χ1n) is 14.1. The molecule has 3 amide bonds. The van der Waals surface area contributed by atoms with Crippen LogP contribution in [-0.2, 0) is 27.3 Å². The van der Waals surface area contributed by atoms with Crippen molar-refractivity contribution in [2.75, 3.05) is 31.1 Å². The summed E-state index contributed by atoms with van der Waals surface area (Å²) in [4.78, 5) is 59.7. The van der Waals surface area contributed by atoms with Crippen LogP contribution in [0, 0.1) is 5.82 Å². The molecule has 224 valence electrons. The third-order valence-electron chi connectivity index (χ3n) is 7.59. The Morgan fingerprint density at radius 1 is 0.977 bits per heavy atom. The average molecular weight is 590 g/mol. The Morgan fingerprint density at radius 3 is 2.33 bits per heavy atom. The fraction of sp³-hybridized carbons (Fsp3) is 0.323. The van der Waals surface area contributed by atoms with Crippen LogP contribution in [-0.4, -0.2) is 82.0 Å². The molecule has 43 heavy (non-hydrogen) atoms. The summed E-state index contributed by atoms with van der Waals surface area (Å²) in [7, 11) is 0. The molecule has 0 aliphatic carbocycles. The summed E-state index contributed by atoms with van der Waals surface area (Å²) < 4.78 is 18.8. The highest BCUT2D eigenvalue weighted by Gasteiger charge is 2.37. The van der Waals surface area contributed by atoms with Crippen LogP contribution in [0.3, 0.4) is 0 Å². The molecule has 3 aromatic rings. The molecule has 2 fully saturated rings. The van der Waals surface area contributed by atoms with Crippen LogP contribution in [0.2, 0.25) is 0 Å². The van der Waals surface area contributed by atoms with E-state index in [-0.39, 0.29) is 31.7 Å². The monoisotopic (exact) mass is 589 g/mol. The Labute approximate surface area is 247 Å². The summed E-state index contributed by atoms with van der Waals surface area (Å²) in [6.07, 6.45) is 1.67. The zero-order valence-electron chi connectivity index (χ0n) is 23.4. The number of pyridine rings is 1. The highest BCUT2D eigenvalue weighted by Crippen LogP contribution is 2.23. The van der Waals surface area contributed by atoms with Crippen molar-refractivity contribution in [2.24, 2.45) is 0 Å². The fourth-order valence-corrected chi connectivity index (χ4v) is 5.21. The summed E-state index contributed by atoms with van der Waals surface area (Å²) in [5.41, 5.74) is 1.28. The second-order valence-corrected chi connectivity index (χ2v) is 10.5. The lowest BCUT2D eigenvalue weighted by Crippen LogP contribution is -2.50. The van der Waals surface area contributed by atoms with Gasteiger partial charge in [0.05, 0.1) is 0 Å². The van der Waals surface area contributed by atoms with Gasteiger partial charge in [0, 0.05) is 51.8 Å². The van der Waals surface area contributed by atoms with Crippen LogP contribution in [0.5, 0.6) is 5.75 Å². The number of carbonyl (C=O) groups excluding carboxylic acids is 3. The second-order valence-electron chi connectivity index (χ2n) is 10.5. The predicted molar refractivity (Wildman–Crippen MR) is 154 cm³/mol. The number of nitrogens with one attached hydrogen (secondary N) is 1. The molecule has 2 aromatic carbocycles. The maximum atomic E-state index is 13.3. The van der Waals surface area contributed by atoms with E-state index < -0.39 is 35.9 Å². The van der Waals surface area contributed by atoms with Gasteiger partial charge in [0.2, 0.25) is 11.8 Å². The number of hydrogen-bond acceptors (Lipinski definition) is 7. The number of halogens is 1. The van der Waals surface area contributed by atoms with E-state index in [1.807, 2.05) is 18.2 Å². The van der Waals surface area contributed by atoms with Crippen molar-refractivity contribution in [2.45, 2.75) is 37.9 Å². The molecule has 11 nitrogen and oxygen atoms in total. The number of anilines is 1. The topological polar surface area (TPSA) is 132 Å². The van der Waals surface area contributed by atoms with Crippen molar-refractivity contribution in [3.8, 4) is 5.75 Å². The standard InChI is InChI=1S/C31H32FN5O6/c32-23-8-4-22(5-9-23)20-37-26(12-13-28(37)38)29(39)34-25(30(40)41)19-21-6-10-24(11-7-21)43-31(42)36-17-15-35(16-18-36)27-3-1-2-14-33-27/h1-11,14,25-26H,12-13,15-20H2,(H,34,39)(H,40,41)/t25-,26-/m0/s1. The molecule has 3 heterocycles. The molecule has 2 aliphatic heterocycles. The van der Waals surface area contributed by atoms with E-state index in [4.69, 9.17) is 4.74 Å². The minimum absolute atomic E-state index is 0.0105. The molecule has 0 radical (unpaired) electrons. The molecule has 0 unspecified atom stereocenters. The van der Waals surface area contributed by atoms with Crippen LogP contribution in [0.4, 0.5) is 15.0 Å². The lowest BCUT2D eigenvalue weighted by Gasteiger charge is -2.34. The first-order valence-corrected chi connectivity index (χ1v) is 14.1. The van der Waals surface area contributed by atoms with E-state index in [9.17, 15) is 28.7 Å². The van der Waals surface area contributed by atoms with Gasteiger partial charge in [-0.25, -0.2) is 19.0 Å². The van der Waals surface area contributed by atoms with Gasteiger partial charge in [-0.3, -0.25) is 9.59 Å². The largest absolute Gasteiger partial charge is 0.480 e. The normalized spacial score (nSPS) is 17.5.